The molecular weight excluding hydrogens is 268 g/mol. The van der Waals surface area contributed by atoms with Crippen molar-refractivity contribution in [1.82, 2.24) is 0 Å². The molecule has 0 heterocycles. The summed E-state index contributed by atoms with van der Waals surface area (Å²) < 4.78 is 0. The smallest absolute Gasteiger partial charge is 0.185 e. The number of hydrogen-bond acceptors (Lipinski definition) is 1. The quantitative estimate of drug-likeness (QED) is 0.404. The van der Waals surface area contributed by atoms with Gasteiger partial charge in [0.1, 0.15) is 0 Å². The van der Waals surface area contributed by atoms with Gasteiger partial charge in [-0.25, -0.2) is 0 Å². The molecule has 0 saturated heterocycles. The Morgan fingerprint density at radius 1 is 0.955 bits per heavy atom. The zero-order valence-corrected chi connectivity index (χ0v) is 13.0. The van der Waals surface area contributed by atoms with Crippen LogP contribution in [0.3, 0.4) is 0 Å². The van der Waals surface area contributed by atoms with Crippen LogP contribution in [0.5, 0.6) is 0 Å². The maximum absolute atomic E-state index is 12.1. The van der Waals surface area contributed by atoms with E-state index < -0.39 is 0 Å². The highest BCUT2D eigenvalue weighted by Gasteiger charge is 2.01. The molecule has 1 heteroatoms. The van der Waals surface area contributed by atoms with Gasteiger partial charge in [-0.3, -0.25) is 4.79 Å². The summed E-state index contributed by atoms with van der Waals surface area (Å²) in [7, 11) is 0. The van der Waals surface area contributed by atoms with Crippen molar-refractivity contribution >= 4 is 17.4 Å². The van der Waals surface area contributed by atoms with Crippen LogP contribution in [0.15, 0.2) is 73.3 Å². The lowest BCUT2D eigenvalue weighted by molar-refractivity contribution is 0.104. The number of hydrogen-bond donors (Lipinski definition) is 0. The van der Waals surface area contributed by atoms with Gasteiger partial charge in [0.25, 0.3) is 0 Å². The van der Waals surface area contributed by atoms with Gasteiger partial charge in [-0.15, -0.1) is 0 Å². The largest absolute Gasteiger partial charge is 0.289 e. The van der Waals surface area contributed by atoms with E-state index in [1.807, 2.05) is 80.6 Å². The van der Waals surface area contributed by atoms with Crippen LogP contribution in [0, 0.1) is 6.92 Å². The van der Waals surface area contributed by atoms with E-state index in [1.165, 1.54) is 0 Å². The van der Waals surface area contributed by atoms with Crippen molar-refractivity contribution in [2.24, 2.45) is 0 Å². The minimum Gasteiger partial charge on any atom is -0.289 e. The normalized spacial score (nSPS) is 11.6. The molecule has 2 rings (SSSR count). The molecule has 0 N–H and O–H groups in total. The highest BCUT2D eigenvalue weighted by molar-refractivity contribution is 6.06. The summed E-state index contributed by atoms with van der Waals surface area (Å²) in [6.45, 7) is 7.80. The van der Waals surface area contributed by atoms with Crippen molar-refractivity contribution in [1.29, 1.82) is 0 Å². The molecule has 2 aromatic carbocycles. The molecule has 22 heavy (non-hydrogen) atoms. The van der Waals surface area contributed by atoms with Crippen LogP contribution >= 0.6 is 0 Å². The molecule has 0 aliphatic heterocycles. The third kappa shape index (κ3) is 3.92. The molecule has 110 valence electrons. The maximum atomic E-state index is 12.1. The van der Waals surface area contributed by atoms with E-state index in [-0.39, 0.29) is 5.78 Å². The summed E-state index contributed by atoms with van der Waals surface area (Å²) in [6, 6.07) is 15.7. The van der Waals surface area contributed by atoms with Crippen LogP contribution in [-0.4, -0.2) is 5.78 Å². The predicted molar refractivity (Wildman–Crippen MR) is 94.8 cm³/mol. The second-order valence-corrected chi connectivity index (χ2v) is 5.13. The van der Waals surface area contributed by atoms with Crippen LogP contribution in [0.25, 0.3) is 11.6 Å². The van der Waals surface area contributed by atoms with Crippen molar-refractivity contribution in [3.05, 3.63) is 95.6 Å². The number of carbonyl (C=O) groups excluding carboxylic acids is 1. The standard InChI is InChI=1S/C21H20O/c1-4-18(5-2)19-13-8-17(9-14-19)10-15-21(22)20-11-6-16(3)7-12-20/h4-15H,1H2,2-3H3/b15-10+,18-5+. The predicted octanol–water partition coefficient (Wildman–Crippen LogP) is 5.48. The zero-order valence-electron chi connectivity index (χ0n) is 13.0. The molecule has 0 amide bonds. The van der Waals surface area contributed by atoms with E-state index in [4.69, 9.17) is 0 Å². The average Bonchev–Trinajstić information content (AvgIpc) is 2.55. The number of aryl methyl sites for hydroxylation is 1. The number of ketones is 1. The van der Waals surface area contributed by atoms with E-state index in [1.54, 1.807) is 6.08 Å². The molecule has 0 aliphatic rings. The lowest BCUT2D eigenvalue weighted by Gasteiger charge is -2.02. The third-order valence-electron chi connectivity index (χ3n) is 3.54. The number of allylic oxidation sites excluding steroid dienone is 4. The van der Waals surface area contributed by atoms with Crippen molar-refractivity contribution in [2.45, 2.75) is 13.8 Å². The van der Waals surface area contributed by atoms with E-state index >= 15 is 0 Å². The number of benzene rings is 2. The Hall–Kier alpha value is -2.67. The van der Waals surface area contributed by atoms with Crippen molar-refractivity contribution < 1.29 is 4.79 Å². The average molecular weight is 288 g/mol. The molecule has 0 aromatic heterocycles. The van der Waals surface area contributed by atoms with Gasteiger partial charge in [0.05, 0.1) is 0 Å². The molecule has 0 fully saturated rings. The fourth-order valence-corrected chi connectivity index (χ4v) is 2.18. The highest BCUT2D eigenvalue weighted by Crippen LogP contribution is 2.16. The molecule has 0 aliphatic carbocycles. The second kappa shape index (κ2) is 7.37. The Morgan fingerprint density at radius 3 is 2.09 bits per heavy atom. The summed E-state index contributed by atoms with van der Waals surface area (Å²) in [6.07, 6.45) is 7.32. The lowest BCUT2D eigenvalue weighted by atomic mass is 10.0. The van der Waals surface area contributed by atoms with Crippen molar-refractivity contribution in [3.63, 3.8) is 0 Å². The van der Waals surface area contributed by atoms with E-state index in [9.17, 15) is 4.79 Å². The summed E-state index contributed by atoms with van der Waals surface area (Å²) in [5.74, 6) is 0.0179. The summed E-state index contributed by atoms with van der Waals surface area (Å²) >= 11 is 0. The zero-order chi connectivity index (χ0) is 15.9. The van der Waals surface area contributed by atoms with Crippen molar-refractivity contribution in [2.75, 3.05) is 0 Å². The van der Waals surface area contributed by atoms with Gasteiger partial charge < -0.3 is 0 Å². The SMILES string of the molecule is C=C/C(=C\C)c1ccc(/C=C/C(=O)c2ccc(C)cc2)cc1. The fraction of sp³-hybridized carbons (Fsp3) is 0.0952. The molecule has 0 saturated carbocycles. The first-order valence-corrected chi connectivity index (χ1v) is 7.32. The van der Waals surface area contributed by atoms with Gasteiger partial charge >= 0.3 is 0 Å². The Kier molecular flexibility index (Phi) is 5.26. The van der Waals surface area contributed by atoms with Crippen LogP contribution in [-0.2, 0) is 0 Å². The first-order valence-electron chi connectivity index (χ1n) is 7.32. The Bertz CT molecular complexity index is 714. The fourth-order valence-electron chi connectivity index (χ4n) is 2.18. The number of carbonyl (C=O) groups is 1. The van der Waals surface area contributed by atoms with Crippen molar-refractivity contribution in [3.8, 4) is 0 Å². The molecular formula is C21H20O. The van der Waals surface area contributed by atoms with Gasteiger partial charge in [0.2, 0.25) is 0 Å². The van der Waals surface area contributed by atoms with Gasteiger partial charge in [0.15, 0.2) is 5.78 Å². The van der Waals surface area contributed by atoms with E-state index in [0.717, 1.165) is 22.3 Å². The van der Waals surface area contributed by atoms with E-state index in [2.05, 4.69) is 6.58 Å². The molecule has 0 unspecified atom stereocenters. The first kappa shape index (κ1) is 15.7. The minimum atomic E-state index is 0.0179. The Morgan fingerprint density at radius 2 is 1.55 bits per heavy atom. The van der Waals surface area contributed by atoms with Gasteiger partial charge in [-0.1, -0.05) is 78.9 Å². The first-order chi connectivity index (χ1) is 10.6. The molecule has 0 spiro atoms. The summed E-state index contributed by atoms with van der Waals surface area (Å²) in [5, 5.41) is 0. The van der Waals surface area contributed by atoms with Gasteiger partial charge in [-0.05, 0) is 36.6 Å². The number of rotatable bonds is 5. The summed E-state index contributed by atoms with van der Waals surface area (Å²) in [4.78, 5) is 12.1. The maximum Gasteiger partial charge on any atom is 0.185 e. The second-order valence-electron chi connectivity index (χ2n) is 5.13. The molecule has 2 aromatic rings. The van der Waals surface area contributed by atoms with Crippen LogP contribution in [0.1, 0.15) is 34.0 Å². The Labute approximate surface area is 132 Å². The lowest BCUT2D eigenvalue weighted by Crippen LogP contribution is -1.93. The molecule has 0 radical (unpaired) electrons. The Balaban J connectivity index is 2.11. The summed E-state index contributed by atoms with van der Waals surface area (Å²) in [5.41, 5.74) is 5.09. The monoisotopic (exact) mass is 288 g/mol. The molecule has 1 nitrogen and oxygen atoms in total. The topological polar surface area (TPSA) is 17.1 Å². The highest BCUT2D eigenvalue weighted by atomic mass is 16.1. The van der Waals surface area contributed by atoms with E-state index in [0.29, 0.717) is 5.56 Å². The van der Waals surface area contributed by atoms with Crippen LogP contribution in [0.2, 0.25) is 0 Å². The molecule has 0 atom stereocenters. The minimum absolute atomic E-state index is 0.0179. The third-order valence-corrected chi connectivity index (χ3v) is 3.54. The van der Waals surface area contributed by atoms with Gasteiger partial charge in [0, 0.05) is 5.56 Å². The van der Waals surface area contributed by atoms with Gasteiger partial charge in [-0.2, -0.15) is 0 Å². The van der Waals surface area contributed by atoms with Crippen LogP contribution < -0.4 is 0 Å². The molecule has 0 bridgehead atoms. The van der Waals surface area contributed by atoms with Crippen LogP contribution in [0.4, 0.5) is 0 Å².